The van der Waals surface area contributed by atoms with Gasteiger partial charge in [0.15, 0.2) is 5.82 Å². The van der Waals surface area contributed by atoms with Crippen molar-refractivity contribution in [3.63, 3.8) is 0 Å². The Hall–Kier alpha value is -1.39. The van der Waals surface area contributed by atoms with Gasteiger partial charge in [0.1, 0.15) is 11.3 Å². The normalized spacial score (nSPS) is 11.1. The van der Waals surface area contributed by atoms with Crippen molar-refractivity contribution in [2.24, 2.45) is 0 Å². The molecule has 2 aromatic carbocycles. The molecule has 0 saturated heterocycles. The molecule has 1 heterocycles. The van der Waals surface area contributed by atoms with E-state index in [2.05, 4.69) is 20.9 Å². The summed E-state index contributed by atoms with van der Waals surface area (Å²) in [5, 5.41) is 0. The van der Waals surface area contributed by atoms with Crippen LogP contribution < -0.4 is 0 Å². The standard InChI is InChI=1S/C14H9BrClFN2/c15-9-3-1-4-10(7-9)19-12-6-2-5-11(17)14(12)18-13(19)8-16/h1-7H,8H2. The van der Waals surface area contributed by atoms with Crippen molar-refractivity contribution in [2.45, 2.75) is 5.88 Å². The number of para-hydroxylation sites is 1. The molecule has 0 aliphatic carbocycles. The Morgan fingerprint density at radius 2 is 2.00 bits per heavy atom. The first-order valence-electron chi connectivity index (χ1n) is 5.68. The van der Waals surface area contributed by atoms with Crippen LogP contribution in [0.3, 0.4) is 0 Å². The molecule has 0 bridgehead atoms. The molecule has 1 aromatic heterocycles. The van der Waals surface area contributed by atoms with Crippen LogP contribution in [0.4, 0.5) is 4.39 Å². The third-order valence-corrected chi connectivity index (χ3v) is 3.62. The molecule has 2 nitrogen and oxygen atoms in total. The van der Waals surface area contributed by atoms with Gasteiger partial charge >= 0.3 is 0 Å². The first-order valence-corrected chi connectivity index (χ1v) is 7.01. The van der Waals surface area contributed by atoms with Crippen molar-refractivity contribution in [2.75, 3.05) is 0 Å². The molecule has 0 radical (unpaired) electrons. The number of alkyl halides is 1. The summed E-state index contributed by atoms with van der Waals surface area (Å²) < 4.78 is 16.6. The van der Waals surface area contributed by atoms with Crippen LogP contribution in [0.25, 0.3) is 16.7 Å². The first kappa shape index (κ1) is 12.6. The highest BCUT2D eigenvalue weighted by Crippen LogP contribution is 2.25. The van der Waals surface area contributed by atoms with Crippen LogP contribution in [0.2, 0.25) is 0 Å². The Morgan fingerprint density at radius 1 is 1.21 bits per heavy atom. The van der Waals surface area contributed by atoms with E-state index < -0.39 is 0 Å². The quantitative estimate of drug-likeness (QED) is 0.621. The summed E-state index contributed by atoms with van der Waals surface area (Å²) in [7, 11) is 0. The molecular formula is C14H9BrClFN2. The van der Waals surface area contributed by atoms with Gasteiger partial charge in [-0.05, 0) is 30.3 Å². The first-order chi connectivity index (χ1) is 9.20. The maximum Gasteiger partial charge on any atom is 0.151 e. The van der Waals surface area contributed by atoms with Gasteiger partial charge in [0.25, 0.3) is 0 Å². The van der Waals surface area contributed by atoms with Gasteiger partial charge in [-0.1, -0.05) is 28.1 Å². The lowest BCUT2D eigenvalue weighted by molar-refractivity contribution is 0.637. The molecule has 0 spiro atoms. The molecule has 5 heteroatoms. The zero-order valence-electron chi connectivity index (χ0n) is 9.78. The van der Waals surface area contributed by atoms with Crippen molar-refractivity contribution in [3.8, 4) is 5.69 Å². The van der Waals surface area contributed by atoms with Gasteiger partial charge in [-0.2, -0.15) is 0 Å². The Bertz CT molecular complexity index is 754. The van der Waals surface area contributed by atoms with Crippen molar-refractivity contribution in [3.05, 3.63) is 58.6 Å². The number of imidazole rings is 1. The molecule has 0 aliphatic heterocycles. The van der Waals surface area contributed by atoms with E-state index >= 15 is 0 Å². The van der Waals surface area contributed by atoms with Crippen molar-refractivity contribution < 1.29 is 4.39 Å². The summed E-state index contributed by atoms with van der Waals surface area (Å²) in [6, 6.07) is 12.6. The molecular weight excluding hydrogens is 331 g/mol. The van der Waals surface area contributed by atoms with E-state index in [1.54, 1.807) is 6.07 Å². The summed E-state index contributed by atoms with van der Waals surface area (Å²) in [6.45, 7) is 0. The van der Waals surface area contributed by atoms with Gasteiger partial charge in [0.2, 0.25) is 0 Å². The maximum atomic E-state index is 13.8. The number of nitrogens with zero attached hydrogens (tertiary/aromatic N) is 2. The Balaban J connectivity index is 2.36. The molecule has 0 saturated carbocycles. The van der Waals surface area contributed by atoms with Crippen molar-refractivity contribution in [1.82, 2.24) is 9.55 Å². The van der Waals surface area contributed by atoms with E-state index in [0.717, 1.165) is 10.2 Å². The van der Waals surface area contributed by atoms with E-state index in [4.69, 9.17) is 11.6 Å². The summed E-state index contributed by atoms with van der Waals surface area (Å²) in [6.07, 6.45) is 0. The Kier molecular flexibility index (Phi) is 3.29. The van der Waals surface area contributed by atoms with E-state index in [9.17, 15) is 4.39 Å². The maximum absolute atomic E-state index is 13.8. The van der Waals surface area contributed by atoms with Gasteiger partial charge in [0, 0.05) is 10.2 Å². The van der Waals surface area contributed by atoms with E-state index in [1.807, 2.05) is 34.9 Å². The van der Waals surface area contributed by atoms with Crippen molar-refractivity contribution >= 4 is 38.6 Å². The number of benzene rings is 2. The topological polar surface area (TPSA) is 17.8 Å². The van der Waals surface area contributed by atoms with Gasteiger partial charge in [-0.15, -0.1) is 11.6 Å². The van der Waals surface area contributed by atoms with Gasteiger partial charge in [-0.3, -0.25) is 4.57 Å². The minimum Gasteiger partial charge on any atom is -0.295 e. The third-order valence-electron chi connectivity index (χ3n) is 2.89. The molecule has 0 atom stereocenters. The molecule has 3 aromatic rings. The minimum atomic E-state index is -0.336. The van der Waals surface area contributed by atoms with E-state index in [-0.39, 0.29) is 11.7 Å². The average molecular weight is 340 g/mol. The lowest BCUT2D eigenvalue weighted by Crippen LogP contribution is -1.98. The summed E-state index contributed by atoms with van der Waals surface area (Å²) in [5.74, 6) is 0.512. The minimum absolute atomic E-state index is 0.223. The second-order valence-corrected chi connectivity index (χ2v) is 5.27. The highest BCUT2D eigenvalue weighted by molar-refractivity contribution is 9.10. The zero-order chi connectivity index (χ0) is 13.4. The fourth-order valence-corrected chi connectivity index (χ4v) is 2.67. The van der Waals surface area contributed by atoms with Crippen LogP contribution in [0, 0.1) is 5.82 Å². The molecule has 19 heavy (non-hydrogen) atoms. The second-order valence-electron chi connectivity index (χ2n) is 4.08. The molecule has 0 amide bonds. The smallest absolute Gasteiger partial charge is 0.151 e. The zero-order valence-corrected chi connectivity index (χ0v) is 12.1. The molecule has 3 rings (SSSR count). The number of hydrogen-bond donors (Lipinski definition) is 0. The fraction of sp³-hybridized carbons (Fsp3) is 0.0714. The molecule has 0 N–H and O–H groups in total. The summed E-state index contributed by atoms with van der Waals surface area (Å²) in [5.41, 5.74) is 1.96. The van der Waals surface area contributed by atoms with Gasteiger partial charge < -0.3 is 0 Å². The Labute approximate surface area is 123 Å². The Morgan fingerprint density at radius 3 is 2.74 bits per heavy atom. The largest absolute Gasteiger partial charge is 0.295 e. The van der Waals surface area contributed by atoms with E-state index in [1.165, 1.54) is 6.07 Å². The summed E-state index contributed by atoms with van der Waals surface area (Å²) >= 11 is 9.36. The predicted molar refractivity (Wildman–Crippen MR) is 78.3 cm³/mol. The number of halogens is 3. The van der Waals surface area contributed by atoms with Crippen LogP contribution >= 0.6 is 27.5 Å². The predicted octanol–water partition coefficient (Wildman–Crippen LogP) is 4.67. The van der Waals surface area contributed by atoms with E-state index in [0.29, 0.717) is 16.9 Å². The fourth-order valence-electron chi connectivity index (χ4n) is 2.11. The lowest BCUT2D eigenvalue weighted by Gasteiger charge is -2.08. The lowest BCUT2D eigenvalue weighted by atomic mass is 10.2. The van der Waals surface area contributed by atoms with Crippen LogP contribution in [-0.2, 0) is 5.88 Å². The molecule has 0 unspecified atom stereocenters. The van der Waals surface area contributed by atoms with Gasteiger partial charge in [-0.25, -0.2) is 9.37 Å². The monoisotopic (exact) mass is 338 g/mol. The number of rotatable bonds is 2. The number of hydrogen-bond acceptors (Lipinski definition) is 1. The van der Waals surface area contributed by atoms with Gasteiger partial charge in [0.05, 0.1) is 11.4 Å². The SMILES string of the molecule is Fc1cccc2c1nc(CCl)n2-c1cccc(Br)c1. The second kappa shape index (κ2) is 4.94. The van der Waals surface area contributed by atoms with Crippen LogP contribution in [0.5, 0.6) is 0 Å². The third kappa shape index (κ3) is 2.15. The summed E-state index contributed by atoms with van der Waals surface area (Å²) in [4.78, 5) is 4.28. The number of aromatic nitrogens is 2. The van der Waals surface area contributed by atoms with Crippen LogP contribution in [-0.4, -0.2) is 9.55 Å². The highest BCUT2D eigenvalue weighted by Gasteiger charge is 2.14. The molecule has 96 valence electrons. The molecule has 0 fully saturated rings. The molecule has 0 aliphatic rings. The number of fused-ring (bicyclic) bond motifs is 1. The van der Waals surface area contributed by atoms with Crippen LogP contribution in [0.1, 0.15) is 5.82 Å². The van der Waals surface area contributed by atoms with Crippen molar-refractivity contribution in [1.29, 1.82) is 0 Å². The van der Waals surface area contributed by atoms with Crippen LogP contribution in [0.15, 0.2) is 46.9 Å². The highest BCUT2D eigenvalue weighted by atomic mass is 79.9. The average Bonchev–Trinajstić information content (AvgIpc) is 2.78.